The second-order valence-electron chi connectivity index (χ2n) is 4.24. The summed E-state index contributed by atoms with van der Waals surface area (Å²) in [5, 5.41) is 1.98. The largest absolute Gasteiger partial charge is 0.438 e. The molecule has 0 aliphatic rings. The molecule has 3 heterocycles. The maximum atomic E-state index is 5.75. The Kier molecular flexibility index (Phi) is 2.08. The van der Waals surface area contributed by atoms with Gasteiger partial charge in [-0.05, 0) is 18.2 Å². The first-order chi connectivity index (χ1) is 9.43. The minimum Gasteiger partial charge on any atom is -0.438 e. The van der Waals surface area contributed by atoms with Crippen molar-refractivity contribution in [2.75, 3.05) is 0 Å². The third kappa shape index (κ3) is 1.50. The highest BCUT2D eigenvalue weighted by Gasteiger charge is 2.13. The molecule has 0 radical (unpaired) electrons. The molecule has 4 aromatic rings. The highest BCUT2D eigenvalue weighted by molar-refractivity contribution is 6.09. The lowest BCUT2D eigenvalue weighted by atomic mass is 10.1. The van der Waals surface area contributed by atoms with E-state index in [9.17, 15) is 0 Å². The van der Waals surface area contributed by atoms with E-state index in [1.165, 1.54) is 6.33 Å². The average molecular weight is 247 g/mol. The summed E-state index contributed by atoms with van der Waals surface area (Å²) in [5.74, 6) is 0. The molecule has 0 saturated carbocycles. The molecule has 19 heavy (non-hydrogen) atoms. The lowest BCUT2D eigenvalue weighted by Gasteiger charge is -2.00. The van der Waals surface area contributed by atoms with Crippen LogP contribution in [0.15, 0.2) is 59.5 Å². The van der Waals surface area contributed by atoms with Crippen LogP contribution < -0.4 is 0 Å². The second-order valence-corrected chi connectivity index (χ2v) is 4.24. The van der Waals surface area contributed by atoms with Gasteiger partial charge in [0.25, 0.3) is 0 Å². The van der Waals surface area contributed by atoms with Gasteiger partial charge < -0.3 is 4.42 Å². The number of hydrogen-bond donors (Lipinski definition) is 0. The number of para-hydroxylation sites is 1. The molecule has 3 aromatic heterocycles. The van der Waals surface area contributed by atoms with Gasteiger partial charge in [0, 0.05) is 23.3 Å². The topological polar surface area (TPSA) is 51.8 Å². The third-order valence-corrected chi connectivity index (χ3v) is 3.13. The third-order valence-electron chi connectivity index (χ3n) is 3.13. The number of benzene rings is 1. The Hall–Kier alpha value is -2.75. The maximum Gasteiger partial charge on any atom is 0.230 e. The van der Waals surface area contributed by atoms with Crippen molar-refractivity contribution < 1.29 is 4.42 Å². The zero-order chi connectivity index (χ0) is 12.7. The molecule has 0 unspecified atom stereocenters. The average Bonchev–Trinajstić information content (AvgIpc) is 2.86. The summed E-state index contributed by atoms with van der Waals surface area (Å²) in [5.41, 5.74) is 3.32. The van der Waals surface area contributed by atoms with Crippen molar-refractivity contribution in [3.05, 3.63) is 55.1 Å². The van der Waals surface area contributed by atoms with Gasteiger partial charge in [0.1, 0.15) is 11.9 Å². The van der Waals surface area contributed by atoms with E-state index in [0.717, 1.165) is 27.6 Å². The van der Waals surface area contributed by atoms with Crippen LogP contribution in [0, 0.1) is 0 Å². The molecule has 0 aliphatic carbocycles. The Morgan fingerprint density at radius 3 is 2.63 bits per heavy atom. The van der Waals surface area contributed by atoms with E-state index in [1.807, 2.05) is 36.4 Å². The minimum atomic E-state index is 0.614. The molecule has 0 atom stereocenters. The molecule has 0 aliphatic heterocycles. The Bertz CT molecular complexity index is 868. The molecule has 1 aromatic carbocycles. The zero-order valence-electron chi connectivity index (χ0n) is 9.95. The number of pyridine rings is 1. The van der Waals surface area contributed by atoms with Crippen molar-refractivity contribution in [2.45, 2.75) is 0 Å². The Balaban J connectivity index is 2.17. The van der Waals surface area contributed by atoms with E-state index in [2.05, 4.69) is 15.0 Å². The van der Waals surface area contributed by atoms with Crippen molar-refractivity contribution in [3.8, 4) is 11.3 Å². The molecule has 0 N–H and O–H groups in total. The molecule has 4 rings (SSSR count). The molecule has 0 bridgehead atoms. The molecule has 0 spiro atoms. The van der Waals surface area contributed by atoms with E-state index < -0.39 is 0 Å². The summed E-state index contributed by atoms with van der Waals surface area (Å²) in [6, 6.07) is 11.8. The Morgan fingerprint density at radius 2 is 1.74 bits per heavy atom. The fraction of sp³-hybridized carbons (Fsp3) is 0. The van der Waals surface area contributed by atoms with Gasteiger partial charge in [-0.3, -0.25) is 4.98 Å². The quantitative estimate of drug-likeness (QED) is 0.517. The molecule has 4 nitrogen and oxygen atoms in total. The first kappa shape index (κ1) is 10.2. The van der Waals surface area contributed by atoms with Crippen molar-refractivity contribution in [1.29, 1.82) is 0 Å². The number of fused-ring (bicyclic) bond motifs is 3. The number of nitrogens with zero attached hydrogens (tertiary/aromatic N) is 3. The summed E-state index contributed by atoms with van der Waals surface area (Å²) in [6.45, 7) is 0. The van der Waals surface area contributed by atoms with Crippen LogP contribution in [-0.2, 0) is 0 Å². The fourth-order valence-electron chi connectivity index (χ4n) is 2.28. The minimum absolute atomic E-state index is 0.614. The lowest BCUT2D eigenvalue weighted by Crippen LogP contribution is -1.86. The van der Waals surface area contributed by atoms with Gasteiger partial charge in [-0.15, -0.1) is 0 Å². The summed E-state index contributed by atoms with van der Waals surface area (Å²) < 4.78 is 5.75. The predicted octanol–water partition coefficient (Wildman–Crippen LogP) is 3.44. The van der Waals surface area contributed by atoms with Crippen molar-refractivity contribution in [3.63, 3.8) is 0 Å². The molecule has 4 heteroatoms. The van der Waals surface area contributed by atoms with Crippen LogP contribution in [0.2, 0.25) is 0 Å². The van der Waals surface area contributed by atoms with Crippen molar-refractivity contribution >= 4 is 22.1 Å². The van der Waals surface area contributed by atoms with Crippen LogP contribution in [0.4, 0.5) is 0 Å². The van der Waals surface area contributed by atoms with Crippen LogP contribution >= 0.6 is 0 Å². The van der Waals surface area contributed by atoms with Crippen LogP contribution in [0.3, 0.4) is 0 Å². The standard InChI is InChI=1S/C15H9N3O/c1-2-4-12-11(3-1)13-14(10-5-7-16-8-6-10)17-9-18-15(13)19-12/h1-9H. The summed E-state index contributed by atoms with van der Waals surface area (Å²) in [6.07, 6.45) is 5.04. The molecule has 0 amide bonds. The van der Waals surface area contributed by atoms with Crippen LogP contribution in [0.1, 0.15) is 0 Å². The van der Waals surface area contributed by atoms with E-state index in [-0.39, 0.29) is 0 Å². The summed E-state index contributed by atoms with van der Waals surface area (Å²) in [4.78, 5) is 12.6. The van der Waals surface area contributed by atoms with E-state index in [1.54, 1.807) is 12.4 Å². The molecule has 0 saturated heterocycles. The van der Waals surface area contributed by atoms with E-state index in [0.29, 0.717) is 5.71 Å². The predicted molar refractivity (Wildman–Crippen MR) is 72.5 cm³/mol. The normalized spacial score (nSPS) is 11.2. The number of furan rings is 1. The highest BCUT2D eigenvalue weighted by atomic mass is 16.3. The SMILES string of the molecule is c1ccc2c(c1)oc1ncnc(-c3ccncc3)c12. The van der Waals surface area contributed by atoms with Crippen molar-refractivity contribution in [1.82, 2.24) is 15.0 Å². The fourth-order valence-corrected chi connectivity index (χ4v) is 2.28. The maximum absolute atomic E-state index is 5.75. The van der Waals surface area contributed by atoms with Gasteiger partial charge in [0.05, 0.1) is 11.1 Å². The number of rotatable bonds is 1. The van der Waals surface area contributed by atoms with Crippen LogP contribution in [0.25, 0.3) is 33.3 Å². The number of aromatic nitrogens is 3. The second kappa shape index (κ2) is 3.88. The molecular weight excluding hydrogens is 238 g/mol. The van der Waals surface area contributed by atoms with E-state index >= 15 is 0 Å². The van der Waals surface area contributed by atoms with Gasteiger partial charge in [-0.2, -0.15) is 0 Å². The molecule has 0 fully saturated rings. The first-order valence-electron chi connectivity index (χ1n) is 5.96. The lowest BCUT2D eigenvalue weighted by molar-refractivity contribution is 0.653. The smallest absolute Gasteiger partial charge is 0.230 e. The van der Waals surface area contributed by atoms with Gasteiger partial charge in [0.15, 0.2) is 0 Å². The van der Waals surface area contributed by atoms with Crippen LogP contribution in [0.5, 0.6) is 0 Å². The monoisotopic (exact) mass is 247 g/mol. The molecule has 90 valence electrons. The summed E-state index contributed by atoms with van der Waals surface area (Å²) >= 11 is 0. The van der Waals surface area contributed by atoms with E-state index in [4.69, 9.17) is 4.42 Å². The summed E-state index contributed by atoms with van der Waals surface area (Å²) in [7, 11) is 0. The van der Waals surface area contributed by atoms with Crippen LogP contribution in [-0.4, -0.2) is 15.0 Å². The number of hydrogen-bond acceptors (Lipinski definition) is 4. The zero-order valence-corrected chi connectivity index (χ0v) is 9.95. The van der Waals surface area contributed by atoms with Crippen molar-refractivity contribution in [2.24, 2.45) is 0 Å². The van der Waals surface area contributed by atoms with Gasteiger partial charge >= 0.3 is 0 Å². The van der Waals surface area contributed by atoms with Gasteiger partial charge in [-0.1, -0.05) is 18.2 Å². The first-order valence-corrected chi connectivity index (χ1v) is 5.96. The highest BCUT2D eigenvalue weighted by Crippen LogP contribution is 2.33. The Labute approximate surface area is 108 Å². The van der Waals surface area contributed by atoms with Gasteiger partial charge in [0.2, 0.25) is 5.71 Å². The Morgan fingerprint density at radius 1 is 0.895 bits per heavy atom. The molecular formula is C15H9N3O. The van der Waals surface area contributed by atoms with Gasteiger partial charge in [-0.25, -0.2) is 9.97 Å².